The average molecular weight is 482 g/mol. The smallest absolute Gasteiger partial charge is 0.197 e. The molecule has 0 aliphatic carbocycles. The number of benzene rings is 2. The van der Waals surface area contributed by atoms with E-state index in [0.717, 1.165) is 19.0 Å². The maximum Gasteiger partial charge on any atom is 0.197 e. The van der Waals surface area contributed by atoms with Crippen molar-refractivity contribution < 1.29 is 23.4 Å². The van der Waals surface area contributed by atoms with Gasteiger partial charge in [0.1, 0.15) is 34.0 Å². The Morgan fingerprint density at radius 2 is 1.88 bits per heavy atom. The second-order valence-electron chi connectivity index (χ2n) is 7.75. The van der Waals surface area contributed by atoms with Crippen molar-refractivity contribution in [2.75, 3.05) is 34.4 Å². The molecule has 0 bridgehead atoms. The number of aliphatic hydroxyl groups excluding tert-OH is 1. The van der Waals surface area contributed by atoms with E-state index >= 15 is 0 Å². The van der Waals surface area contributed by atoms with Crippen molar-refractivity contribution in [1.82, 2.24) is 4.90 Å². The summed E-state index contributed by atoms with van der Waals surface area (Å²) < 4.78 is 31.5. The predicted molar refractivity (Wildman–Crippen MR) is 122 cm³/mol. The molecule has 0 amide bonds. The molecule has 3 aromatic rings. The summed E-state index contributed by atoms with van der Waals surface area (Å²) in [5.41, 5.74) is 0.730. The SMILES string of the molecule is COc1cc(OC)c2c(=O)cc(-c3cc(F)c(Cl)cc3Cl)oc2c1C1CCN(C)C1CO. The zero-order valence-corrected chi connectivity index (χ0v) is 19.3. The Morgan fingerprint density at radius 1 is 1.16 bits per heavy atom. The summed E-state index contributed by atoms with van der Waals surface area (Å²) in [6.45, 7) is 0.681. The van der Waals surface area contributed by atoms with Crippen LogP contribution in [0.4, 0.5) is 4.39 Å². The number of methoxy groups -OCH3 is 2. The van der Waals surface area contributed by atoms with Crippen LogP contribution in [0.5, 0.6) is 11.5 Å². The lowest BCUT2D eigenvalue weighted by molar-refractivity contribution is 0.171. The van der Waals surface area contributed by atoms with Gasteiger partial charge in [-0.3, -0.25) is 4.79 Å². The fourth-order valence-corrected chi connectivity index (χ4v) is 4.91. The molecule has 1 aliphatic heterocycles. The van der Waals surface area contributed by atoms with E-state index in [2.05, 4.69) is 0 Å². The van der Waals surface area contributed by atoms with Crippen LogP contribution in [-0.2, 0) is 0 Å². The third-order valence-electron chi connectivity index (χ3n) is 6.06. The molecule has 0 spiro atoms. The van der Waals surface area contributed by atoms with E-state index in [1.165, 1.54) is 26.4 Å². The fraction of sp³-hybridized carbons (Fsp3) is 0.348. The van der Waals surface area contributed by atoms with Crippen LogP contribution in [-0.4, -0.2) is 50.5 Å². The molecule has 2 heterocycles. The van der Waals surface area contributed by atoms with Gasteiger partial charge in [-0.15, -0.1) is 0 Å². The van der Waals surface area contributed by atoms with E-state index in [9.17, 15) is 14.3 Å². The second-order valence-corrected chi connectivity index (χ2v) is 8.56. The van der Waals surface area contributed by atoms with Crippen LogP contribution in [0.25, 0.3) is 22.3 Å². The Balaban J connectivity index is 2.07. The molecule has 9 heteroatoms. The summed E-state index contributed by atoms with van der Waals surface area (Å²) in [7, 11) is 4.90. The van der Waals surface area contributed by atoms with Gasteiger partial charge >= 0.3 is 0 Å². The highest BCUT2D eigenvalue weighted by molar-refractivity contribution is 6.36. The molecule has 1 saturated heterocycles. The molecule has 2 aromatic carbocycles. The van der Waals surface area contributed by atoms with Gasteiger partial charge in [0.25, 0.3) is 0 Å². The average Bonchev–Trinajstić information content (AvgIpc) is 3.14. The molecule has 4 rings (SSSR count). The van der Waals surface area contributed by atoms with Crippen molar-refractivity contribution in [3.8, 4) is 22.8 Å². The van der Waals surface area contributed by atoms with Gasteiger partial charge in [0.15, 0.2) is 5.43 Å². The molecule has 2 atom stereocenters. The molecule has 1 aromatic heterocycles. The lowest BCUT2D eigenvalue weighted by atomic mass is 9.89. The lowest BCUT2D eigenvalue weighted by Gasteiger charge is -2.25. The maximum atomic E-state index is 14.2. The summed E-state index contributed by atoms with van der Waals surface area (Å²) in [6, 6.07) is 5.10. The van der Waals surface area contributed by atoms with Crippen LogP contribution >= 0.6 is 23.2 Å². The number of rotatable bonds is 5. The van der Waals surface area contributed by atoms with Crippen LogP contribution in [0.15, 0.2) is 33.5 Å². The molecule has 170 valence electrons. The monoisotopic (exact) mass is 481 g/mol. The number of nitrogens with zero attached hydrogens (tertiary/aromatic N) is 1. The molecule has 0 saturated carbocycles. The first-order valence-electron chi connectivity index (χ1n) is 9.99. The largest absolute Gasteiger partial charge is 0.496 e. The van der Waals surface area contributed by atoms with Crippen LogP contribution < -0.4 is 14.9 Å². The zero-order chi connectivity index (χ0) is 23.2. The minimum Gasteiger partial charge on any atom is -0.496 e. The van der Waals surface area contributed by atoms with Crippen molar-refractivity contribution in [1.29, 1.82) is 0 Å². The summed E-state index contributed by atoms with van der Waals surface area (Å²) in [4.78, 5) is 15.2. The number of halogens is 3. The van der Waals surface area contributed by atoms with Gasteiger partial charge in [-0.2, -0.15) is 0 Å². The molecule has 1 N–H and O–H groups in total. The number of likely N-dealkylation sites (tertiary alicyclic amines) is 1. The van der Waals surface area contributed by atoms with E-state index < -0.39 is 5.82 Å². The highest BCUT2D eigenvalue weighted by atomic mass is 35.5. The van der Waals surface area contributed by atoms with Gasteiger partial charge in [-0.1, -0.05) is 23.2 Å². The Labute approximate surface area is 194 Å². The maximum absolute atomic E-state index is 14.2. The van der Waals surface area contributed by atoms with Gasteiger partial charge in [-0.25, -0.2) is 4.39 Å². The normalized spacial score (nSPS) is 19.0. The summed E-state index contributed by atoms with van der Waals surface area (Å²) in [5.74, 6) is 0.00805. The van der Waals surface area contributed by atoms with Crippen molar-refractivity contribution >= 4 is 34.2 Å². The Kier molecular flexibility index (Phi) is 6.36. The van der Waals surface area contributed by atoms with Gasteiger partial charge in [0.2, 0.25) is 0 Å². The number of aliphatic hydroxyl groups is 1. The quantitative estimate of drug-likeness (QED) is 0.532. The Hall–Kier alpha value is -2.32. The molecule has 6 nitrogen and oxygen atoms in total. The van der Waals surface area contributed by atoms with Crippen molar-refractivity contribution in [2.45, 2.75) is 18.4 Å². The van der Waals surface area contributed by atoms with E-state index in [1.54, 1.807) is 6.07 Å². The first-order valence-corrected chi connectivity index (χ1v) is 10.7. The predicted octanol–water partition coefficient (Wildman–Crippen LogP) is 4.70. The molecule has 32 heavy (non-hydrogen) atoms. The molecule has 2 unspecified atom stereocenters. The zero-order valence-electron chi connectivity index (χ0n) is 17.7. The van der Waals surface area contributed by atoms with Crippen LogP contribution in [0, 0.1) is 5.82 Å². The standard InChI is InChI=1S/C23H22Cl2FNO5/c1-27-5-4-11(16(27)10-28)21-19(30-2)9-20(31-3)22-17(29)8-18(32-23(21)22)12-6-15(26)14(25)7-13(12)24/h6-9,11,16,28H,4-5,10H2,1-3H3. The Bertz CT molecular complexity index is 1250. The van der Waals surface area contributed by atoms with E-state index in [0.29, 0.717) is 17.1 Å². The van der Waals surface area contributed by atoms with Gasteiger partial charge < -0.3 is 23.9 Å². The Morgan fingerprint density at radius 3 is 2.53 bits per heavy atom. The third kappa shape index (κ3) is 3.73. The number of hydrogen-bond acceptors (Lipinski definition) is 6. The molecule has 1 fully saturated rings. The highest BCUT2D eigenvalue weighted by Gasteiger charge is 2.37. The summed E-state index contributed by atoms with van der Waals surface area (Å²) in [5, 5.41) is 10.3. The van der Waals surface area contributed by atoms with Crippen molar-refractivity contribution in [3.63, 3.8) is 0 Å². The van der Waals surface area contributed by atoms with E-state index in [-0.39, 0.29) is 56.3 Å². The van der Waals surface area contributed by atoms with Crippen LogP contribution in [0.1, 0.15) is 17.9 Å². The highest BCUT2D eigenvalue weighted by Crippen LogP contribution is 2.45. The molecular weight excluding hydrogens is 460 g/mol. The lowest BCUT2D eigenvalue weighted by Crippen LogP contribution is -2.32. The fourth-order valence-electron chi connectivity index (χ4n) is 4.43. The van der Waals surface area contributed by atoms with E-state index in [4.69, 9.17) is 37.1 Å². The molecular formula is C23H22Cl2FNO5. The van der Waals surface area contributed by atoms with Crippen LogP contribution in [0.2, 0.25) is 10.0 Å². The third-order valence-corrected chi connectivity index (χ3v) is 6.67. The van der Waals surface area contributed by atoms with Gasteiger partial charge in [-0.05, 0) is 32.1 Å². The first-order chi connectivity index (χ1) is 15.3. The molecule has 0 radical (unpaired) electrons. The van der Waals surface area contributed by atoms with Crippen molar-refractivity contribution in [3.05, 3.63) is 55.9 Å². The number of fused-ring (bicyclic) bond motifs is 1. The molecule has 1 aliphatic rings. The van der Waals surface area contributed by atoms with Crippen molar-refractivity contribution in [2.24, 2.45) is 0 Å². The number of hydrogen-bond donors (Lipinski definition) is 1. The minimum atomic E-state index is -0.685. The van der Waals surface area contributed by atoms with Crippen LogP contribution in [0.3, 0.4) is 0 Å². The van der Waals surface area contributed by atoms with E-state index in [1.807, 2.05) is 11.9 Å². The second kappa shape index (κ2) is 8.90. The summed E-state index contributed by atoms with van der Waals surface area (Å²) in [6.07, 6.45) is 0.726. The number of likely N-dealkylation sites (N-methyl/N-ethyl adjacent to an activating group) is 1. The first kappa shape index (κ1) is 22.9. The summed E-state index contributed by atoms with van der Waals surface area (Å²) >= 11 is 12.1. The topological polar surface area (TPSA) is 72.1 Å². The van der Waals surface area contributed by atoms with Gasteiger partial charge in [0.05, 0.1) is 30.9 Å². The van der Waals surface area contributed by atoms with Gasteiger partial charge in [0, 0.05) is 35.2 Å². The minimum absolute atomic E-state index is 0.0734. The number of ether oxygens (including phenoxy) is 2.